The van der Waals surface area contributed by atoms with Gasteiger partial charge in [-0.25, -0.2) is 4.79 Å². The molecule has 6 fully saturated rings. The number of rotatable bonds is 8. The predicted molar refractivity (Wildman–Crippen MR) is 153 cm³/mol. The molecule has 14 atom stereocenters. The van der Waals surface area contributed by atoms with E-state index >= 15 is 0 Å². The molecule has 10 heteroatoms. The van der Waals surface area contributed by atoms with Gasteiger partial charge in [-0.3, -0.25) is 4.79 Å². The molecule has 1 saturated heterocycles. The van der Waals surface area contributed by atoms with Gasteiger partial charge in [0.15, 0.2) is 5.60 Å². The Balaban J connectivity index is 1.48. The van der Waals surface area contributed by atoms with Crippen LogP contribution in [0.15, 0.2) is 30.3 Å². The Kier molecular flexibility index (Phi) is 7.04. The number of nitrogens with zero attached hydrogens (tertiary/aromatic N) is 1. The van der Waals surface area contributed by atoms with Gasteiger partial charge in [0.1, 0.15) is 12.2 Å². The van der Waals surface area contributed by atoms with E-state index in [1.807, 2.05) is 18.2 Å². The molecule has 1 unspecified atom stereocenters. The number of esters is 2. The van der Waals surface area contributed by atoms with Gasteiger partial charge >= 0.3 is 11.9 Å². The number of likely N-dealkylation sites (tertiary alicyclic amines) is 1. The fourth-order valence-electron chi connectivity index (χ4n) is 12.2. The van der Waals surface area contributed by atoms with Crippen LogP contribution in [0.5, 0.6) is 0 Å². The minimum atomic E-state index is -1.41. The molecule has 1 N–H and O–H groups in total. The highest BCUT2D eigenvalue weighted by Gasteiger charge is 2.89. The first-order valence-electron chi connectivity index (χ1n) is 15.6. The molecule has 1 heterocycles. The highest BCUT2D eigenvalue weighted by atomic mass is 16.6. The fourth-order valence-corrected chi connectivity index (χ4v) is 12.2. The lowest BCUT2D eigenvalue weighted by Crippen LogP contribution is -2.79. The van der Waals surface area contributed by atoms with Crippen LogP contribution in [-0.4, -0.2) is 113 Å². The van der Waals surface area contributed by atoms with Crippen LogP contribution in [-0.2, 0) is 33.2 Å². The highest BCUT2D eigenvalue weighted by Crippen LogP contribution is 2.80. The van der Waals surface area contributed by atoms with Crippen LogP contribution < -0.4 is 0 Å². The topological polar surface area (TPSA) is 113 Å². The van der Waals surface area contributed by atoms with Crippen LogP contribution >= 0.6 is 0 Å². The summed E-state index contributed by atoms with van der Waals surface area (Å²) in [4.78, 5) is 29.2. The Labute approximate surface area is 253 Å². The molecule has 7 rings (SSSR count). The molecular weight excluding hydrogens is 554 g/mol. The van der Waals surface area contributed by atoms with Crippen LogP contribution in [0.25, 0.3) is 0 Å². The number of hydrogen-bond donors (Lipinski definition) is 1. The number of aliphatic hydroxyl groups is 1. The lowest BCUT2D eigenvalue weighted by molar-refractivity contribution is -0.301. The van der Waals surface area contributed by atoms with E-state index in [4.69, 9.17) is 28.4 Å². The second-order valence-electron chi connectivity index (χ2n) is 14.0. The van der Waals surface area contributed by atoms with E-state index in [9.17, 15) is 14.7 Å². The molecule has 43 heavy (non-hydrogen) atoms. The Bertz CT molecular complexity index is 1260. The standard InChI is InChI=1S/C33H45NO9/c1-17(35)43-33-22-20(14-19(25(40-5)29(33)36)24(22)42-30(37)18-10-8-7-9-11-18)32-21(39-4)12-13-31(16-38-3)15-34(2)28(32)23(33)26(41-6)27(31)32/h7-11,19-29,36H,12-16H2,1-6H3/t19-,20+,21-,22+,23-,24-,25+,26-,27+,28?,29-,31-,32-,33+/m0/s1. The molecule has 7 bridgehead atoms. The van der Waals surface area contributed by atoms with Crippen molar-refractivity contribution >= 4 is 11.9 Å². The number of methoxy groups -OCH3 is 4. The molecule has 1 spiro atoms. The summed E-state index contributed by atoms with van der Waals surface area (Å²) in [6.45, 7) is 2.76. The number of aliphatic hydroxyl groups excluding tert-OH is 1. The van der Waals surface area contributed by atoms with E-state index in [0.717, 1.165) is 19.4 Å². The maximum Gasteiger partial charge on any atom is 0.338 e. The van der Waals surface area contributed by atoms with E-state index in [0.29, 0.717) is 18.6 Å². The maximum absolute atomic E-state index is 13.7. The van der Waals surface area contributed by atoms with Crippen molar-refractivity contribution in [3.8, 4) is 0 Å². The van der Waals surface area contributed by atoms with Crippen molar-refractivity contribution in [3.05, 3.63) is 35.9 Å². The van der Waals surface area contributed by atoms with Crippen LogP contribution in [0.3, 0.4) is 0 Å². The van der Waals surface area contributed by atoms with E-state index in [1.165, 1.54) is 6.92 Å². The minimum Gasteiger partial charge on any atom is -0.458 e. The molecule has 0 amide bonds. The summed E-state index contributed by atoms with van der Waals surface area (Å²) >= 11 is 0. The monoisotopic (exact) mass is 599 g/mol. The molecule has 5 saturated carbocycles. The molecule has 1 aliphatic heterocycles. The van der Waals surface area contributed by atoms with Crippen LogP contribution in [0.4, 0.5) is 0 Å². The zero-order chi connectivity index (χ0) is 30.5. The Morgan fingerprint density at radius 2 is 1.72 bits per heavy atom. The third-order valence-electron chi connectivity index (χ3n) is 12.7. The predicted octanol–water partition coefficient (Wildman–Crippen LogP) is 2.17. The smallest absolute Gasteiger partial charge is 0.338 e. The molecular formula is C33H45NO9. The van der Waals surface area contributed by atoms with Crippen molar-refractivity contribution in [1.29, 1.82) is 0 Å². The second kappa shape index (κ2) is 10.2. The van der Waals surface area contributed by atoms with E-state index in [2.05, 4.69) is 11.9 Å². The van der Waals surface area contributed by atoms with Crippen molar-refractivity contribution in [2.24, 2.45) is 40.4 Å². The van der Waals surface area contributed by atoms with Crippen molar-refractivity contribution in [1.82, 2.24) is 4.90 Å². The summed E-state index contributed by atoms with van der Waals surface area (Å²) in [5.74, 6) is -2.18. The summed E-state index contributed by atoms with van der Waals surface area (Å²) in [6, 6.07) is 8.85. The minimum absolute atomic E-state index is 0.0234. The van der Waals surface area contributed by atoms with Crippen LogP contribution in [0.2, 0.25) is 0 Å². The van der Waals surface area contributed by atoms with E-state index < -0.39 is 53.1 Å². The molecule has 0 radical (unpaired) electrons. The van der Waals surface area contributed by atoms with Crippen molar-refractivity contribution < 1.29 is 43.1 Å². The van der Waals surface area contributed by atoms with Crippen molar-refractivity contribution in [2.75, 3.05) is 48.6 Å². The van der Waals surface area contributed by atoms with Crippen molar-refractivity contribution in [3.63, 3.8) is 0 Å². The molecule has 0 aromatic heterocycles. The van der Waals surface area contributed by atoms with Gasteiger partial charge in [-0.05, 0) is 44.4 Å². The van der Waals surface area contributed by atoms with Gasteiger partial charge < -0.3 is 38.4 Å². The lowest BCUT2D eigenvalue weighted by Gasteiger charge is -2.69. The number of ether oxygens (including phenoxy) is 6. The zero-order valence-electron chi connectivity index (χ0n) is 25.9. The Hall–Kier alpha value is -2.08. The highest BCUT2D eigenvalue weighted by molar-refractivity contribution is 5.89. The summed E-state index contributed by atoms with van der Waals surface area (Å²) in [5, 5.41) is 12.4. The first-order chi connectivity index (χ1) is 20.7. The Morgan fingerprint density at radius 1 is 1.00 bits per heavy atom. The van der Waals surface area contributed by atoms with Gasteiger partial charge in [0.05, 0.1) is 30.5 Å². The van der Waals surface area contributed by atoms with Gasteiger partial charge in [-0.15, -0.1) is 0 Å². The third kappa shape index (κ3) is 3.51. The quantitative estimate of drug-likeness (QED) is 0.446. The van der Waals surface area contributed by atoms with Gasteiger partial charge in [0.2, 0.25) is 0 Å². The summed E-state index contributed by atoms with van der Waals surface area (Å²) in [6.07, 6.45) is -0.523. The normalized spacial score (nSPS) is 49.0. The number of fused-ring (bicyclic) bond motifs is 2. The van der Waals surface area contributed by atoms with E-state index in [-0.39, 0.29) is 41.4 Å². The Morgan fingerprint density at radius 3 is 2.35 bits per heavy atom. The van der Waals surface area contributed by atoms with E-state index in [1.54, 1.807) is 40.6 Å². The van der Waals surface area contributed by atoms with Gasteiger partial charge in [-0.2, -0.15) is 0 Å². The van der Waals surface area contributed by atoms with Crippen LogP contribution in [0, 0.1) is 40.4 Å². The average Bonchev–Trinajstić information content (AvgIpc) is 3.43. The molecule has 10 nitrogen and oxygen atoms in total. The maximum atomic E-state index is 13.7. The zero-order valence-corrected chi connectivity index (χ0v) is 25.9. The molecule has 6 aliphatic rings. The third-order valence-corrected chi connectivity index (χ3v) is 12.7. The molecule has 5 aliphatic carbocycles. The summed E-state index contributed by atoms with van der Waals surface area (Å²) in [5.41, 5.74) is -1.59. The van der Waals surface area contributed by atoms with Gasteiger partial charge in [0, 0.05) is 82.5 Å². The molecule has 236 valence electrons. The molecule has 1 aromatic carbocycles. The largest absolute Gasteiger partial charge is 0.458 e. The van der Waals surface area contributed by atoms with Gasteiger partial charge in [-0.1, -0.05) is 18.2 Å². The number of carbonyl (C=O) groups is 2. The number of carbonyl (C=O) groups excluding carboxylic acids is 2. The summed E-state index contributed by atoms with van der Waals surface area (Å²) in [7, 11) is 8.99. The fraction of sp³-hybridized carbons (Fsp3) is 0.758. The summed E-state index contributed by atoms with van der Waals surface area (Å²) < 4.78 is 38.0. The first kappa shape index (κ1) is 29.6. The van der Waals surface area contributed by atoms with Crippen molar-refractivity contribution in [2.45, 2.75) is 68.3 Å². The number of hydrogen-bond acceptors (Lipinski definition) is 10. The lowest BCUT2D eigenvalue weighted by atomic mass is 9.43. The van der Waals surface area contributed by atoms with Gasteiger partial charge in [0.25, 0.3) is 0 Å². The number of benzene rings is 1. The first-order valence-corrected chi connectivity index (χ1v) is 15.6. The molecule has 1 aromatic rings. The SMILES string of the molecule is COC[C@@]12CC[C@H](OC)[C@]34C([C@H]([C@H](OC)[C@H]13)[C@]1(OC(C)=O)[C@H]3[C@@H](OC(=O)c5ccccc5)[C@H](C[C@H]34)[C@@H](OC)[C@@H]1O)N(C)C2. The average molecular weight is 600 g/mol. The van der Waals surface area contributed by atoms with Crippen LogP contribution in [0.1, 0.15) is 36.5 Å². The number of piperidine rings is 1. The second-order valence-corrected chi connectivity index (χ2v) is 14.0.